The molecule has 1 aromatic carbocycles. The lowest BCUT2D eigenvalue weighted by Crippen LogP contribution is -2.33. The van der Waals surface area contributed by atoms with Gasteiger partial charge in [0.2, 0.25) is 0 Å². The number of hydrogen-bond acceptors (Lipinski definition) is 4. The zero-order valence-electron chi connectivity index (χ0n) is 19.0. The van der Waals surface area contributed by atoms with Crippen molar-refractivity contribution in [2.75, 3.05) is 31.6 Å². The van der Waals surface area contributed by atoms with Crippen LogP contribution in [0.25, 0.3) is 22.2 Å². The highest BCUT2D eigenvalue weighted by molar-refractivity contribution is 5.94. The van der Waals surface area contributed by atoms with E-state index in [9.17, 15) is 0 Å². The van der Waals surface area contributed by atoms with E-state index in [2.05, 4.69) is 53.5 Å². The van der Waals surface area contributed by atoms with Crippen LogP contribution in [0.1, 0.15) is 50.3 Å². The smallest absolute Gasteiger partial charge is 0.0745 e. The lowest BCUT2D eigenvalue weighted by Gasteiger charge is -2.38. The van der Waals surface area contributed by atoms with Crippen molar-refractivity contribution >= 4 is 16.6 Å². The van der Waals surface area contributed by atoms with Gasteiger partial charge in [-0.15, -0.1) is 0 Å². The van der Waals surface area contributed by atoms with Crippen molar-refractivity contribution in [3.05, 3.63) is 53.9 Å². The molecule has 1 aliphatic heterocycles. The molecule has 1 saturated carbocycles. The Labute approximate surface area is 186 Å². The third-order valence-corrected chi connectivity index (χ3v) is 7.43. The maximum Gasteiger partial charge on any atom is 0.0745 e. The summed E-state index contributed by atoms with van der Waals surface area (Å²) in [6, 6.07) is 13.5. The van der Waals surface area contributed by atoms with Crippen LogP contribution in [0.15, 0.2) is 42.6 Å². The Balaban J connectivity index is 1.50. The Kier molecular flexibility index (Phi) is 5.66. The van der Waals surface area contributed by atoms with Crippen molar-refractivity contribution in [2.45, 2.75) is 51.9 Å². The molecule has 0 atom stereocenters. The van der Waals surface area contributed by atoms with E-state index >= 15 is 0 Å². The van der Waals surface area contributed by atoms with Crippen LogP contribution in [0.3, 0.4) is 0 Å². The van der Waals surface area contributed by atoms with Crippen molar-refractivity contribution in [3.63, 3.8) is 0 Å². The summed E-state index contributed by atoms with van der Waals surface area (Å²) >= 11 is 0. The van der Waals surface area contributed by atoms with Crippen LogP contribution in [0.2, 0.25) is 0 Å². The minimum Gasteiger partial charge on any atom is -0.370 e. The van der Waals surface area contributed by atoms with Crippen LogP contribution in [0.5, 0.6) is 0 Å². The highest BCUT2D eigenvalue weighted by Gasteiger charge is 2.43. The first kappa shape index (κ1) is 20.4. The number of hydrogen-bond donors (Lipinski definition) is 1. The molecule has 1 N–H and O–H groups in total. The summed E-state index contributed by atoms with van der Waals surface area (Å²) in [5.41, 5.74) is 7.69. The monoisotopic (exact) mass is 414 g/mol. The van der Waals surface area contributed by atoms with Crippen LogP contribution in [0.4, 0.5) is 5.69 Å². The van der Waals surface area contributed by atoms with Crippen LogP contribution >= 0.6 is 0 Å². The van der Waals surface area contributed by atoms with Crippen molar-refractivity contribution < 1.29 is 0 Å². The second-order valence-corrected chi connectivity index (χ2v) is 9.50. The molecule has 3 aromatic rings. The van der Waals surface area contributed by atoms with E-state index in [1.54, 1.807) is 0 Å². The van der Waals surface area contributed by atoms with Gasteiger partial charge in [-0.25, -0.2) is 4.98 Å². The number of aromatic nitrogens is 2. The molecule has 0 amide bonds. The molecule has 31 heavy (non-hydrogen) atoms. The zero-order chi connectivity index (χ0) is 21.3. The number of benzene rings is 1. The number of rotatable bonds is 7. The van der Waals surface area contributed by atoms with E-state index in [0.717, 1.165) is 54.8 Å². The zero-order valence-corrected chi connectivity index (χ0v) is 19.0. The summed E-state index contributed by atoms with van der Waals surface area (Å²) in [6.07, 6.45) is 10.7. The van der Waals surface area contributed by atoms with Gasteiger partial charge < -0.3 is 10.2 Å². The Morgan fingerprint density at radius 3 is 2.68 bits per heavy atom. The van der Waals surface area contributed by atoms with Crippen molar-refractivity contribution in [1.82, 2.24) is 15.3 Å². The molecular formula is C27H34N4. The Hall–Kier alpha value is -2.46. The van der Waals surface area contributed by atoms with Crippen molar-refractivity contribution in [1.29, 1.82) is 0 Å². The fourth-order valence-electron chi connectivity index (χ4n) is 5.28. The van der Waals surface area contributed by atoms with Gasteiger partial charge in [0.15, 0.2) is 0 Å². The van der Waals surface area contributed by atoms with Gasteiger partial charge in [-0.05, 0) is 87.4 Å². The van der Waals surface area contributed by atoms with Crippen LogP contribution in [-0.2, 0) is 12.8 Å². The molecule has 2 aliphatic rings. The Bertz CT molecular complexity index is 1050. The molecule has 162 valence electrons. The second-order valence-electron chi connectivity index (χ2n) is 9.50. The minimum atomic E-state index is 0.579. The summed E-state index contributed by atoms with van der Waals surface area (Å²) in [5, 5.41) is 4.49. The van der Waals surface area contributed by atoms with Gasteiger partial charge in [0.05, 0.1) is 11.2 Å². The predicted molar refractivity (Wildman–Crippen MR) is 130 cm³/mol. The molecule has 2 fully saturated rings. The van der Waals surface area contributed by atoms with Crippen LogP contribution in [-0.4, -0.2) is 36.6 Å². The molecule has 1 spiro atoms. The first-order valence-electron chi connectivity index (χ1n) is 12.0. The first-order chi connectivity index (χ1) is 15.2. The van der Waals surface area contributed by atoms with Gasteiger partial charge in [-0.2, -0.15) is 0 Å². The number of nitrogens with zero attached hydrogens (tertiary/aromatic N) is 3. The molecule has 4 heteroatoms. The largest absolute Gasteiger partial charge is 0.370 e. The molecule has 0 bridgehead atoms. The highest BCUT2D eigenvalue weighted by atomic mass is 15.2. The van der Waals surface area contributed by atoms with E-state index < -0.39 is 0 Å². The molecular weight excluding hydrogens is 380 g/mol. The molecule has 2 aromatic heterocycles. The average molecular weight is 415 g/mol. The molecule has 0 radical (unpaired) electrons. The third-order valence-electron chi connectivity index (χ3n) is 7.43. The summed E-state index contributed by atoms with van der Waals surface area (Å²) in [5.74, 6) is 0. The van der Waals surface area contributed by atoms with Gasteiger partial charge in [-0.3, -0.25) is 4.98 Å². The molecule has 3 heterocycles. The highest BCUT2D eigenvalue weighted by Crippen LogP contribution is 2.49. The molecule has 0 unspecified atom stereocenters. The van der Waals surface area contributed by atoms with E-state index in [1.165, 1.54) is 48.9 Å². The van der Waals surface area contributed by atoms with Gasteiger partial charge in [0, 0.05) is 41.6 Å². The maximum absolute atomic E-state index is 5.09. The molecule has 4 nitrogen and oxygen atoms in total. The summed E-state index contributed by atoms with van der Waals surface area (Å²) < 4.78 is 0. The van der Waals surface area contributed by atoms with Gasteiger partial charge >= 0.3 is 0 Å². The van der Waals surface area contributed by atoms with E-state index in [1.807, 2.05) is 13.2 Å². The normalized spacial score (nSPS) is 17.4. The number of pyridine rings is 2. The lowest BCUT2D eigenvalue weighted by molar-refractivity contribution is 0.165. The summed E-state index contributed by atoms with van der Waals surface area (Å²) in [4.78, 5) is 12.4. The van der Waals surface area contributed by atoms with E-state index in [0.29, 0.717) is 5.41 Å². The number of nitrogens with one attached hydrogen (secondary N) is 1. The standard InChI is InChI=1S/C27H34N4/c1-3-20-7-10-23-25(16-20)30-24(21-8-9-22(29-18-21)6-4-14-28-2)17-26(23)31-15-13-27(19-31)11-5-12-27/h7-10,16-18,28H,3-6,11-15,19H2,1-2H3. The van der Waals surface area contributed by atoms with Crippen molar-refractivity contribution in [2.24, 2.45) is 5.41 Å². The predicted octanol–water partition coefficient (Wildman–Crippen LogP) is 5.39. The third kappa shape index (κ3) is 4.06. The number of anilines is 1. The second kappa shape index (κ2) is 8.58. The topological polar surface area (TPSA) is 41.0 Å². The summed E-state index contributed by atoms with van der Waals surface area (Å²) in [7, 11) is 2.00. The minimum absolute atomic E-state index is 0.579. The Morgan fingerprint density at radius 2 is 2.00 bits per heavy atom. The van der Waals surface area contributed by atoms with Crippen LogP contribution in [0, 0.1) is 5.41 Å². The van der Waals surface area contributed by atoms with E-state index in [-0.39, 0.29) is 0 Å². The molecule has 5 rings (SSSR count). The fourth-order valence-corrected chi connectivity index (χ4v) is 5.28. The number of fused-ring (bicyclic) bond motifs is 1. The van der Waals surface area contributed by atoms with Gasteiger partial charge in [0.1, 0.15) is 0 Å². The molecule has 1 saturated heterocycles. The first-order valence-corrected chi connectivity index (χ1v) is 12.0. The van der Waals surface area contributed by atoms with E-state index in [4.69, 9.17) is 9.97 Å². The average Bonchev–Trinajstić information content (AvgIpc) is 3.25. The Morgan fingerprint density at radius 1 is 1.10 bits per heavy atom. The van der Waals surface area contributed by atoms with Crippen molar-refractivity contribution in [3.8, 4) is 11.3 Å². The van der Waals surface area contributed by atoms with Gasteiger partial charge in [0.25, 0.3) is 0 Å². The SMILES string of the molecule is CCc1ccc2c(N3CCC4(CCC4)C3)cc(-c3ccc(CCCNC)nc3)nc2c1. The van der Waals surface area contributed by atoms with Crippen LogP contribution < -0.4 is 10.2 Å². The summed E-state index contributed by atoms with van der Waals surface area (Å²) in [6.45, 7) is 5.60. The lowest BCUT2D eigenvalue weighted by atomic mass is 9.68. The maximum atomic E-state index is 5.09. The fraction of sp³-hybridized carbons (Fsp3) is 0.481. The quantitative estimate of drug-likeness (QED) is 0.526. The molecule has 1 aliphatic carbocycles. The number of aryl methyl sites for hydroxylation is 2. The van der Waals surface area contributed by atoms with Gasteiger partial charge in [-0.1, -0.05) is 25.5 Å².